The average Bonchev–Trinajstić information content (AvgIpc) is 4.25. The van der Waals surface area contributed by atoms with Gasteiger partial charge in [0.15, 0.2) is 46.5 Å². The van der Waals surface area contributed by atoms with E-state index in [-0.39, 0.29) is 106 Å². The van der Waals surface area contributed by atoms with Crippen LogP contribution in [0, 0.1) is 0 Å². The van der Waals surface area contributed by atoms with Crippen molar-refractivity contribution in [2.75, 3.05) is 23.8 Å². The molecular formula is C54H54BBrK3N6O12PS2. The topological polar surface area (TPSA) is 238 Å². The van der Waals surface area contributed by atoms with Crippen molar-refractivity contribution in [3.8, 4) is 34.1 Å². The Morgan fingerprint density at radius 2 is 1.10 bits per heavy atom. The van der Waals surface area contributed by atoms with Crippen molar-refractivity contribution >= 4 is 165 Å². The molecule has 7 heterocycles. The van der Waals surface area contributed by atoms with E-state index in [1.165, 1.54) is 85.8 Å². The second kappa shape index (κ2) is 30.7. The van der Waals surface area contributed by atoms with E-state index in [0.29, 0.717) is 21.8 Å². The molecule has 1 atom stereocenters. The Hall–Kier alpha value is -1.55. The normalized spacial score (nSPS) is 15.4. The number of aromatic nitrogens is 4. The number of hydrogen-bond acceptors (Lipinski definition) is 18. The van der Waals surface area contributed by atoms with Gasteiger partial charge in [0.1, 0.15) is 11.2 Å². The van der Waals surface area contributed by atoms with E-state index >= 15 is 0 Å². The Balaban J connectivity index is 0.000000190. The van der Waals surface area contributed by atoms with Crippen molar-refractivity contribution in [2.45, 2.75) is 90.6 Å². The molecule has 8 aromatic rings. The van der Waals surface area contributed by atoms with Crippen molar-refractivity contribution < 1.29 is 109 Å². The molecule has 2 N–H and O–H groups in total. The monoisotopic (exact) mass is 1280 g/mol. The third-order valence-electron chi connectivity index (χ3n) is 12.4. The SMILES string of the molecule is CC1(C)Cc2cccc(OCC(=O)Nc3nc4c(-c5ccncc5)cccc4s3)c2O1.CC1(C)Cc2cccc(OCC(=O)Nc3nc4c(Br)cccc4s3)c2O1.CC1(C)OB(c2ccncc2)OC1(C)C.O=[P+]([O-])O[O-].[K+].[K][K]. The fourth-order valence-electron chi connectivity index (χ4n) is 8.23. The van der Waals surface area contributed by atoms with Crippen LogP contribution in [0.25, 0.3) is 31.6 Å². The summed E-state index contributed by atoms with van der Waals surface area (Å²) in [5, 5.41) is 15.3. The van der Waals surface area contributed by atoms with Gasteiger partial charge in [-0.15, -0.1) is 0 Å². The van der Waals surface area contributed by atoms with E-state index in [2.05, 4.69) is 51.2 Å². The molecule has 0 spiro atoms. The zero-order valence-corrected chi connectivity index (χ0v) is 59.8. The van der Waals surface area contributed by atoms with Crippen molar-refractivity contribution in [2.24, 2.45) is 0 Å². The van der Waals surface area contributed by atoms with Crippen molar-refractivity contribution in [1.82, 2.24) is 19.9 Å². The number of carbonyl (C=O) groups excluding carboxylic acids is 2. The quantitative estimate of drug-likeness (QED) is 0.0674. The zero-order chi connectivity index (χ0) is 57.1. The predicted molar refractivity (Wildman–Crippen MR) is 308 cm³/mol. The summed E-state index contributed by atoms with van der Waals surface area (Å²) in [5.74, 6) is 2.11. The standard InChI is InChI=1S/C24H21N3O3S.C19H17BrN2O3S.C11H16BNO2.3K.HO4P/c1-24(2)13-16-5-3-7-18(22(16)30-24)29-14-20(28)26-23-27-21-17(6-4-8-19(21)31-23)15-9-11-25-12-10-15;1-19(2)9-11-5-3-7-13(17(11)25-19)24-10-15(23)21-18-22-16-12(20)6-4-8-14(16)26-18;1-10(2)11(3,4)15-12(14-10)9-5-7-13-8-6-9;;;;1-4-5(2)3/h3-12H,13-14H2,1-2H3,(H,26,27,28);3-8H,9-10H2,1-2H3,(H,21,22,23);5-8H,1-4H3;;;;1H/q;;;;;+1;/p-1. The van der Waals surface area contributed by atoms with Gasteiger partial charge in [0.2, 0.25) is 0 Å². The molecule has 4 aromatic heterocycles. The molecule has 1 unspecified atom stereocenters. The van der Waals surface area contributed by atoms with E-state index in [4.69, 9.17) is 43.0 Å². The maximum absolute atomic E-state index is 12.5. The van der Waals surface area contributed by atoms with E-state index in [1.54, 1.807) is 24.8 Å². The van der Waals surface area contributed by atoms with E-state index < -0.39 is 8.25 Å². The van der Waals surface area contributed by atoms with E-state index in [0.717, 1.165) is 77.0 Å². The van der Waals surface area contributed by atoms with Gasteiger partial charge >= 0.3 is 130 Å². The van der Waals surface area contributed by atoms with Crippen molar-refractivity contribution in [1.29, 1.82) is 0 Å². The Morgan fingerprint density at radius 1 is 0.675 bits per heavy atom. The van der Waals surface area contributed by atoms with Crippen LogP contribution in [0.2, 0.25) is 0 Å². The van der Waals surface area contributed by atoms with Crippen LogP contribution in [0.3, 0.4) is 0 Å². The number of benzene rings is 4. The number of thiazole rings is 2. The van der Waals surface area contributed by atoms with Gasteiger partial charge in [-0.2, -0.15) is 0 Å². The predicted octanol–water partition coefficient (Wildman–Crippen LogP) is 5.80. The van der Waals surface area contributed by atoms with Gasteiger partial charge in [-0.1, -0.05) is 65.1 Å². The number of nitrogens with one attached hydrogen (secondary N) is 2. The van der Waals surface area contributed by atoms with Crippen molar-refractivity contribution in [3.05, 3.63) is 137 Å². The molecule has 3 aliphatic heterocycles. The first kappa shape index (κ1) is 67.6. The second-order valence-electron chi connectivity index (χ2n) is 19.9. The molecule has 2 amide bonds. The third kappa shape index (κ3) is 18.5. The number of nitrogens with zero attached hydrogens (tertiary/aromatic N) is 4. The van der Waals surface area contributed by atoms with Crippen LogP contribution in [0.4, 0.5) is 10.3 Å². The summed E-state index contributed by atoms with van der Waals surface area (Å²) < 4.78 is 49.5. The zero-order valence-electron chi connectivity index (χ0n) is 46.3. The van der Waals surface area contributed by atoms with Gasteiger partial charge in [0, 0.05) is 58.8 Å². The summed E-state index contributed by atoms with van der Waals surface area (Å²) in [5.41, 5.74) is 5.88. The molecule has 26 heteroatoms. The molecule has 11 rings (SSSR count). The van der Waals surface area contributed by atoms with Crippen LogP contribution in [-0.4, -0.2) is 138 Å². The number of pyridine rings is 2. The Morgan fingerprint density at radius 3 is 1.56 bits per heavy atom. The molecule has 0 saturated carbocycles. The number of para-hydroxylation sites is 4. The van der Waals surface area contributed by atoms with Crippen LogP contribution in [0.5, 0.6) is 23.0 Å². The summed E-state index contributed by atoms with van der Waals surface area (Å²) in [6, 6.07) is 31.1. The van der Waals surface area contributed by atoms with Gasteiger partial charge in [0.05, 0.1) is 31.6 Å². The van der Waals surface area contributed by atoms with Gasteiger partial charge in [-0.25, -0.2) is 14.6 Å². The molecule has 3 aliphatic rings. The first-order chi connectivity index (χ1) is 37.6. The molecule has 1 fully saturated rings. The average molecular weight is 1280 g/mol. The fourth-order valence-corrected chi connectivity index (χ4v) is 10.6. The fraction of sp³-hybridized carbons (Fsp3) is 0.296. The number of amides is 2. The molecule has 4 aromatic carbocycles. The molecule has 80 heavy (non-hydrogen) atoms. The van der Waals surface area contributed by atoms with Gasteiger partial charge in [0.25, 0.3) is 11.8 Å². The van der Waals surface area contributed by atoms with Crippen LogP contribution in [0.1, 0.15) is 66.5 Å². The minimum absolute atomic E-state index is 0. The molecule has 18 nitrogen and oxygen atoms in total. The van der Waals surface area contributed by atoms with Gasteiger partial charge < -0.3 is 38.4 Å². The summed E-state index contributed by atoms with van der Waals surface area (Å²) in [6.45, 7) is 16.1. The maximum atomic E-state index is 12.5. The molecule has 0 bridgehead atoms. The molecule has 1 saturated heterocycles. The van der Waals surface area contributed by atoms with Crippen LogP contribution in [-0.2, 0) is 41.0 Å². The van der Waals surface area contributed by atoms with Gasteiger partial charge in [-0.3, -0.25) is 30.2 Å². The Kier molecular flexibility index (Phi) is 25.9. The van der Waals surface area contributed by atoms with Crippen LogP contribution in [0.15, 0.2) is 126 Å². The number of fused-ring (bicyclic) bond motifs is 4. The minimum atomic E-state index is -3.15. The summed E-state index contributed by atoms with van der Waals surface area (Å²) >= 11 is 8.83. The van der Waals surface area contributed by atoms with E-state index in [9.17, 15) is 9.59 Å². The first-order valence-corrected chi connectivity index (χ1v) is 44.6. The number of ether oxygens (including phenoxy) is 4. The van der Waals surface area contributed by atoms with E-state index in [1.807, 2.05) is 152 Å². The second-order valence-corrected chi connectivity index (χ2v) is 23.4. The molecule has 402 valence electrons. The number of halogens is 1. The first-order valence-electron chi connectivity index (χ1n) is 25.1. The van der Waals surface area contributed by atoms with Crippen LogP contribution >= 0.6 is 46.9 Å². The van der Waals surface area contributed by atoms with Crippen LogP contribution < -0.4 is 96.6 Å². The number of rotatable bonds is 11. The van der Waals surface area contributed by atoms with Gasteiger partial charge in [-0.05, 0) is 142 Å². The Bertz CT molecular complexity index is 3410. The summed E-state index contributed by atoms with van der Waals surface area (Å²) in [6.07, 6.45) is 8.65. The van der Waals surface area contributed by atoms with Crippen molar-refractivity contribution in [3.63, 3.8) is 0 Å². The Labute approximate surface area is 569 Å². The number of anilines is 2. The molecular weight excluding hydrogens is 1230 g/mol. The molecule has 0 radical (unpaired) electrons. The number of hydrogen-bond donors (Lipinski definition) is 2. The molecule has 0 aliphatic carbocycles. The summed E-state index contributed by atoms with van der Waals surface area (Å²) in [7, 11) is -3.43. The summed E-state index contributed by atoms with van der Waals surface area (Å²) in [4.78, 5) is 50.8. The number of carbonyl (C=O) groups is 2. The third-order valence-corrected chi connectivity index (χ3v) is 15.0.